The standard InChI is InChI=1S/C17H18ClN3O3/c1-9(2)14-7-11-5-13(18)6-12(16(11)24-14)8-21-10(3)4-15(20-21)19-17(22)23/h4-7,9H,8H2,1-3H3,(H,19,20)(H,22,23). The van der Waals surface area contributed by atoms with Gasteiger partial charge in [0.05, 0.1) is 6.54 Å². The Hall–Kier alpha value is -2.47. The van der Waals surface area contributed by atoms with E-state index in [9.17, 15) is 4.79 Å². The number of hydrogen-bond donors (Lipinski definition) is 2. The molecule has 0 unspecified atom stereocenters. The first-order valence-corrected chi connectivity index (χ1v) is 7.97. The highest BCUT2D eigenvalue weighted by atomic mass is 35.5. The second-order valence-electron chi connectivity index (χ2n) is 6.05. The van der Waals surface area contributed by atoms with E-state index in [1.54, 1.807) is 10.7 Å². The monoisotopic (exact) mass is 347 g/mol. The predicted molar refractivity (Wildman–Crippen MR) is 93.0 cm³/mol. The third-order valence-electron chi connectivity index (χ3n) is 3.78. The highest BCUT2D eigenvalue weighted by Gasteiger charge is 2.14. The molecule has 126 valence electrons. The number of hydrogen-bond acceptors (Lipinski definition) is 3. The topological polar surface area (TPSA) is 80.3 Å². The third kappa shape index (κ3) is 3.23. The van der Waals surface area contributed by atoms with Gasteiger partial charge in [-0.3, -0.25) is 10.00 Å². The fourth-order valence-electron chi connectivity index (χ4n) is 2.61. The summed E-state index contributed by atoms with van der Waals surface area (Å²) in [5.41, 5.74) is 2.52. The van der Waals surface area contributed by atoms with Crippen LogP contribution in [0.2, 0.25) is 5.02 Å². The average Bonchev–Trinajstić information content (AvgIpc) is 3.02. The van der Waals surface area contributed by atoms with Crippen LogP contribution in [-0.4, -0.2) is 21.0 Å². The fourth-order valence-corrected chi connectivity index (χ4v) is 2.86. The molecule has 0 atom stereocenters. The van der Waals surface area contributed by atoms with E-state index in [2.05, 4.69) is 24.3 Å². The zero-order chi connectivity index (χ0) is 17.4. The highest BCUT2D eigenvalue weighted by Crippen LogP contribution is 2.31. The van der Waals surface area contributed by atoms with Crippen LogP contribution in [0.1, 0.15) is 36.8 Å². The number of nitrogens with zero attached hydrogens (tertiary/aromatic N) is 2. The molecule has 0 bridgehead atoms. The van der Waals surface area contributed by atoms with Gasteiger partial charge in [0, 0.05) is 33.7 Å². The van der Waals surface area contributed by atoms with Crippen molar-refractivity contribution in [3.63, 3.8) is 0 Å². The molecule has 0 aliphatic rings. The number of fused-ring (bicyclic) bond motifs is 1. The van der Waals surface area contributed by atoms with Crippen molar-refractivity contribution in [2.24, 2.45) is 0 Å². The van der Waals surface area contributed by atoms with Gasteiger partial charge in [-0.1, -0.05) is 25.4 Å². The van der Waals surface area contributed by atoms with Gasteiger partial charge in [0.15, 0.2) is 5.82 Å². The fraction of sp³-hybridized carbons (Fsp3) is 0.294. The number of aryl methyl sites for hydroxylation is 1. The minimum Gasteiger partial charge on any atom is -0.465 e. The number of anilines is 1. The highest BCUT2D eigenvalue weighted by molar-refractivity contribution is 6.31. The summed E-state index contributed by atoms with van der Waals surface area (Å²) in [4.78, 5) is 10.7. The lowest BCUT2D eigenvalue weighted by Gasteiger charge is -2.06. The molecule has 0 aliphatic heterocycles. The maximum Gasteiger partial charge on any atom is 0.410 e. The van der Waals surface area contributed by atoms with Crippen LogP contribution in [0.3, 0.4) is 0 Å². The summed E-state index contributed by atoms with van der Waals surface area (Å²) in [5, 5.41) is 16.9. The second-order valence-corrected chi connectivity index (χ2v) is 6.48. The summed E-state index contributed by atoms with van der Waals surface area (Å²) in [7, 11) is 0. The number of nitrogens with one attached hydrogen (secondary N) is 1. The Morgan fingerprint density at radius 2 is 2.12 bits per heavy atom. The average molecular weight is 348 g/mol. The molecule has 6 nitrogen and oxygen atoms in total. The SMILES string of the molecule is Cc1cc(NC(=O)O)nn1Cc1cc(Cl)cc2cc(C(C)C)oc12. The molecule has 0 saturated carbocycles. The molecule has 0 spiro atoms. The Morgan fingerprint density at radius 3 is 2.79 bits per heavy atom. The van der Waals surface area contributed by atoms with Crippen molar-refractivity contribution in [2.45, 2.75) is 33.2 Å². The van der Waals surface area contributed by atoms with Crippen LogP contribution in [0.25, 0.3) is 11.0 Å². The maximum atomic E-state index is 10.7. The van der Waals surface area contributed by atoms with E-state index in [0.717, 1.165) is 28.0 Å². The molecule has 2 aromatic heterocycles. The summed E-state index contributed by atoms with van der Waals surface area (Å²) in [6, 6.07) is 7.41. The summed E-state index contributed by atoms with van der Waals surface area (Å²) in [5.74, 6) is 1.47. The van der Waals surface area contributed by atoms with Crippen LogP contribution in [-0.2, 0) is 6.54 Å². The van der Waals surface area contributed by atoms with Crippen molar-refractivity contribution in [3.05, 3.63) is 46.3 Å². The molecule has 0 radical (unpaired) electrons. The first-order valence-electron chi connectivity index (χ1n) is 7.59. The zero-order valence-electron chi connectivity index (χ0n) is 13.6. The number of halogens is 1. The second kappa shape index (κ2) is 6.20. The lowest BCUT2D eigenvalue weighted by Crippen LogP contribution is -2.09. The van der Waals surface area contributed by atoms with Crippen molar-refractivity contribution in [2.75, 3.05) is 5.32 Å². The number of aromatic nitrogens is 2. The first kappa shape index (κ1) is 16.4. The van der Waals surface area contributed by atoms with Gasteiger partial charge in [0.2, 0.25) is 0 Å². The van der Waals surface area contributed by atoms with Crippen molar-refractivity contribution in [1.82, 2.24) is 9.78 Å². The van der Waals surface area contributed by atoms with Gasteiger partial charge >= 0.3 is 6.09 Å². The van der Waals surface area contributed by atoms with Crippen LogP contribution >= 0.6 is 11.6 Å². The van der Waals surface area contributed by atoms with E-state index in [1.165, 1.54) is 0 Å². The van der Waals surface area contributed by atoms with E-state index in [-0.39, 0.29) is 5.92 Å². The van der Waals surface area contributed by atoms with Crippen LogP contribution < -0.4 is 5.32 Å². The molecule has 2 N–H and O–H groups in total. The minimum absolute atomic E-state index is 0.279. The van der Waals surface area contributed by atoms with E-state index >= 15 is 0 Å². The molecule has 3 rings (SSSR count). The lowest BCUT2D eigenvalue weighted by molar-refractivity contribution is 0.209. The molecule has 0 aliphatic carbocycles. The van der Waals surface area contributed by atoms with Crippen molar-refractivity contribution < 1.29 is 14.3 Å². The number of rotatable bonds is 4. The first-order chi connectivity index (χ1) is 11.3. The van der Waals surface area contributed by atoms with Crippen LogP contribution in [0.15, 0.2) is 28.7 Å². The van der Waals surface area contributed by atoms with Gasteiger partial charge in [0.1, 0.15) is 11.3 Å². The minimum atomic E-state index is -1.14. The van der Waals surface area contributed by atoms with Gasteiger partial charge in [-0.25, -0.2) is 4.79 Å². The molecular weight excluding hydrogens is 330 g/mol. The summed E-state index contributed by atoms with van der Waals surface area (Å²) in [6.07, 6.45) is -1.14. The van der Waals surface area contributed by atoms with Crippen LogP contribution in [0.4, 0.5) is 10.6 Å². The summed E-state index contributed by atoms with van der Waals surface area (Å²) in [6.45, 7) is 6.44. The van der Waals surface area contributed by atoms with Crippen molar-refractivity contribution in [1.29, 1.82) is 0 Å². The normalized spacial score (nSPS) is 11.4. The van der Waals surface area contributed by atoms with Gasteiger partial charge in [0.25, 0.3) is 0 Å². The van der Waals surface area contributed by atoms with Gasteiger partial charge in [-0.05, 0) is 25.1 Å². The van der Waals surface area contributed by atoms with Crippen molar-refractivity contribution in [3.8, 4) is 0 Å². The number of furan rings is 1. The molecule has 1 aromatic carbocycles. The van der Waals surface area contributed by atoms with Gasteiger partial charge in [-0.2, -0.15) is 5.10 Å². The molecule has 1 amide bonds. The smallest absolute Gasteiger partial charge is 0.410 e. The Kier molecular flexibility index (Phi) is 4.24. The molecule has 3 aromatic rings. The third-order valence-corrected chi connectivity index (χ3v) is 4.00. The van der Waals surface area contributed by atoms with Gasteiger partial charge in [-0.15, -0.1) is 0 Å². The molecule has 7 heteroatoms. The van der Waals surface area contributed by atoms with E-state index < -0.39 is 6.09 Å². The number of amides is 1. The molecule has 24 heavy (non-hydrogen) atoms. The Morgan fingerprint density at radius 1 is 1.38 bits per heavy atom. The molecule has 0 saturated heterocycles. The summed E-state index contributed by atoms with van der Waals surface area (Å²) < 4.78 is 7.71. The molecular formula is C17H18ClN3O3. The summed E-state index contributed by atoms with van der Waals surface area (Å²) >= 11 is 6.23. The number of benzene rings is 1. The lowest BCUT2D eigenvalue weighted by atomic mass is 10.1. The number of carbonyl (C=O) groups is 1. The Labute approximate surface area is 144 Å². The zero-order valence-corrected chi connectivity index (χ0v) is 14.4. The van der Waals surface area contributed by atoms with E-state index in [0.29, 0.717) is 17.4 Å². The number of carboxylic acid groups (broad SMARTS) is 1. The van der Waals surface area contributed by atoms with Gasteiger partial charge < -0.3 is 9.52 Å². The molecule has 0 fully saturated rings. The van der Waals surface area contributed by atoms with Crippen molar-refractivity contribution >= 4 is 34.5 Å². The van der Waals surface area contributed by atoms with Crippen LogP contribution in [0, 0.1) is 6.92 Å². The quantitative estimate of drug-likeness (QED) is 0.706. The Bertz CT molecular complexity index is 911. The molecule has 2 heterocycles. The maximum absolute atomic E-state index is 10.7. The largest absolute Gasteiger partial charge is 0.465 e. The van der Waals surface area contributed by atoms with E-state index in [4.69, 9.17) is 21.1 Å². The van der Waals surface area contributed by atoms with E-state index in [1.807, 2.05) is 25.1 Å². The predicted octanol–water partition coefficient (Wildman–Crippen LogP) is 4.85. The van der Waals surface area contributed by atoms with Crippen LogP contribution in [0.5, 0.6) is 0 Å². The Balaban J connectivity index is 2.00.